The van der Waals surface area contributed by atoms with Crippen LogP contribution in [-0.2, 0) is 6.54 Å². The Bertz CT molecular complexity index is 670. The maximum atomic E-state index is 5.86. The lowest BCUT2D eigenvalue weighted by molar-refractivity contribution is 0.203. The van der Waals surface area contributed by atoms with Crippen molar-refractivity contribution in [3.05, 3.63) is 35.9 Å². The first kappa shape index (κ1) is 17.3. The summed E-state index contributed by atoms with van der Waals surface area (Å²) < 4.78 is 11.0. The molecule has 6 nitrogen and oxygen atoms in total. The molecular formula is C19H26N4O2. The van der Waals surface area contributed by atoms with Crippen LogP contribution in [-0.4, -0.2) is 23.7 Å². The van der Waals surface area contributed by atoms with Crippen LogP contribution >= 0.6 is 0 Å². The molecule has 0 radical (unpaired) electrons. The maximum Gasteiger partial charge on any atom is 0.225 e. The van der Waals surface area contributed by atoms with Gasteiger partial charge in [-0.2, -0.15) is 9.97 Å². The van der Waals surface area contributed by atoms with Gasteiger partial charge in [0.2, 0.25) is 11.8 Å². The molecular weight excluding hydrogens is 316 g/mol. The number of hydrogen-bond donors (Lipinski definition) is 2. The van der Waals surface area contributed by atoms with Gasteiger partial charge in [0.25, 0.3) is 0 Å². The lowest BCUT2D eigenvalue weighted by atomic mass is 9.90. The first-order chi connectivity index (χ1) is 12.2. The fourth-order valence-electron chi connectivity index (χ4n) is 3.10. The van der Waals surface area contributed by atoms with Gasteiger partial charge in [0, 0.05) is 12.6 Å². The number of rotatable bonds is 7. The number of nitrogens with zero attached hydrogens (tertiary/aromatic N) is 2. The Kier molecular flexibility index (Phi) is 5.93. The quantitative estimate of drug-likeness (QED) is 0.799. The van der Waals surface area contributed by atoms with Gasteiger partial charge in [-0.25, -0.2) is 0 Å². The molecule has 0 unspecified atom stereocenters. The van der Waals surface area contributed by atoms with Crippen LogP contribution in [0.1, 0.15) is 37.7 Å². The average Bonchev–Trinajstić information content (AvgIpc) is 2.66. The van der Waals surface area contributed by atoms with Crippen LogP contribution < -0.4 is 20.5 Å². The first-order valence-electron chi connectivity index (χ1n) is 8.87. The van der Waals surface area contributed by atoms with Crippen molar-refractivity contribution in [3.63, 3.8) is 0 Å². The minimum Gasteiger partial charge on any atom is -0.497 e. The maximum absolute atomic E-state index is 5.86. The molecule has 2 aromatic rings. The Morgan fingerprint density at radius 3 is 2.60 bits per heavy atom. The Hall–Kier alpha value is -2.50. The minimum atomic E-state index is 0.221. The molecule has 1 saturated carbocycles. The summed E-state index contributed by atoms with van der Waals surface area (Å²) in [5.74, 6) is 2.89. The topological polar surface area (TPSA) is 82.3 Å². The van der Waals surface area contributed by atoms with E-state index in [-0.39, 0.29) is 5.95 Å². The van der Waals surface area contributed by atoms with Gasteiger partial charge in [-0.15, -0.1) is 0 Å². The standard InChI is InChI=1S/C19H26N4O2/c1-24-16-9-7-14(8-10-16)12-21-17-11-18(23-19(20)22-17)25-13-15-5-3-2-4-6-15/h7-11,15H,2-6,12-13H2,1H3,(H3,20,21,22,23). The fourth-order valence-corrected chi connectivity index (χ4v) is 3.10. The Morgan fingerprint density at radius 1 is 1.12 bits per heavy atom. The largest absolute Gasteiger partial charge is 0.497 e. The molecule has 1 fully saturated rings. The van der Waals surface area contributed by atoms with E-state index in [1.165, 1.54) is 32.1 Å². The van der Waals surface area contributed by atoms with Crippen molar-refractivity contribution in [2.45, 2.75) is 38.6 Å². The molecule has 0 saturated heterocycles. The van der Waals surface area contributed by atoms with E-state index >= 15 is 0 Å². The Balaban J connectivity index is 1.56. The summed E-state index contributed by atoms with van der Waals surface area (Å²) >= 11 is 0. The second kappa shape index (κ2) is 8.55. The van der Waals surface area contributed by atoms with Crippen molar-refractivity contribution < 1.29 is 9.47 Å². The Morgan fingerprint density at radius 2 is 1.88 bits per heavy atom. The molecule has 3 N–H and O–H groups in total. The number of nitrogen functional groups attached to an aromatic ring is 1. The van der Waals surface area contributed by atoms with E-state index in [0.717, 1.165) is 11.3 Å². The summed E-state index contributed by atoms with van der Waals surface area (Å²) in [4.78, 5) is 8.41. The zero-order chi connectivity index (χ0) is 17.5. The average molecular weight is 342 g/mol. The molecule has 3 rings (SSSR count). The second-order valence-electron chi connectivity index (χ2n) is 6.47. The van der Waals surface area contributed by atoms with Crippen LogP contribution in [0.4, 0.5) is 11.8 Å². The van der Waals surface area contributed by atoms with Crippen molar-refractivity contribution in [2.75, 3.05) is 24.8 Å². The minimum absolute atomic E-state index is 0.221. The van der Waals surface area contributed by atoms with Crippen LogP contribution in [0.3, 0.4) is 0 Å². The van der Waals surface area contributed by atoms with E-state index in [9.17, 15) is 0 Å². The molecule has 0 amide bonds. The van der Waals surface area contributed by atoms with Gasteiger partial charge >= 0.3 is 0 Å². The highest BCUT2D eigenvalue weighted by atomic mass is 16.5. The summed E-state index contributed by atoms with van der Waals surface area (Å²) in [7, 11) is 1.66. The normalized spacial score (nSPS) is 14.9. The highest BCUT2D eigenvalue weighted by Gasteiger charge is 2.14. The zero-order valence-electron chi connectivity index (χ0n) is 14.7. The molecule has 0 spiro atoms. The molecule has 0 atom stereocenters. The van der Waals surface area contributed by atoms with Gasteiger partial charge in [-0.05, 0) is 36.5 Å². The van der Waals surface area contributed by atoms with E-state index in [4.69, 9.17) is 15.2 Å². The van der Waals surface area contributed by atoms with Crippen molar-refractivity contribution in [2.24, 2.45) is 5.92 Å². The van der Waals surface area contributed by atoms with E-state index < -0.39 is 0 Å². The number of methoxy groups -OCH3 is 1. The number of hydrogen-bond acceptors (Lipinski definition) is 6. The lowest BCUT2D eigenvalue weighted by Gasteiger charge is -2.21. The van der Waals surface area contributed by atoms with E-state index in [2.05, 4.69) is 15.3 Å². The third-order valence-electron chi connectivity index (χ3n) is 4.54. The van der Waals surface area contributed by atoms with Crippen LogP contribution in [0, 0.1) is 5.92 Å². The van der Waals surface area contributed by atoms with Crippen molar-refractivity contribution >= 4 is 11.8 Å². The monoisotopic (exact) mass is 342 g/mol. The molecule has 1 aromatic heterocycles. The third-order valence-corrected chi connectivity index (χ3v) is 4.54. The van der Waals surface area contributed by atoms with Gasteiger partial charge in [0.1, 0.15) is 11.6 Å². The zero-order valence-corrected chi connectivity index (χ0v) is 14.7. The molecule has 1 aliphatic rings. The highest BCUT2D eigenvalue weighted by molar-refractivity contribution is 5.43. The number of benzene rings is 1. The summed E-state index contributed by atoms with van der Waals surface area (Å²) in [5.41, 5.74) is 6.94. The smallest absolute Gasteiger partial charge is 0.225 e. The predicted octanol–water partition coefficient (Wildman–Crippen LogP) is 3.64. The molecule has 0 bridgehead atoms. The molecule has 1 heterocycles. The van der Waals surface area contributed by atoms with Gasteiger partial charge < -0.3 is 20.5 Å². The first-order valence-corrected chi connectivity index (χ1v) is 8.87. The van der Waals surface area contributed by atoms with Crippen molar-refractivity contribution in [1.29, 1.82) is 0 Å². The number of aromatic nitrogens is 2. The predicted molar refractivity (Wildman–Crippen MR) is 98.8 cm³/mol. The summed E-state index contributed by atoms with van der Waals surface area (Å²) in [5, 5.41) is 3.27. The summed E-state index contributed by atoms with van der Waals surface area (Å²) in [6, 6.07) is 9.70. The second-order valence-corrected chi connectivity index (χ2v) is 6.47. The summed E-state index contributed by atoms with van der Waals surface area (Å²) in [6.45, 7) is 1.34. The molecule has 25 heavy (non-hydrogen) atoms. The summed E-state index contributed by atoms with van der Waals surface area (Å²) in [6.07, 6.45) is 6.42. The van der Waals surface area contributed by atoms with Gasteiger partial charge in [-0.3, -0.25) is 0 Å². The number of ether oxygens (including phenoxy) is 2. The molecule has 1 aliphatic carbocycles. The van der Waals surface area contributed by atoms with Crippen LogP contribution in [0.2, 0.25) is 0 Å². The molecule has 1 aromatic carbocycles. The lowest BCUT2D eigenvalue weighted by Crippen LogP contribution is -2.16. The van der Waals surface area contributed by atoms with Crippen molar-refractivity contribution in [3.8, 4) is 11.6 Å². The number of anilines is 2. The Labute approximate surface area is 148 Å². The van der Waals surface area contributed by atoms with E-state index in [0.29, 0.717) is 30.8 Å². The number of nitrogens with two attached hydrogens (primary N) is 1. The molecule has 6 heteroatoms. The van der Waals surface area contributed by atoms with Crippen molar-refractivity contribution in [1.82, 2.24) is 9.97 Å². The van der Waals surface area contributed by atoms with Crippen LogP contribution in [0.5, 0.6) is 11.6 Å². The van der Waals surface area contributed by atoms with Gasteiger partial charge in [0.15, 0.2) is 0 Å². The van der Waals surface area contributed by atoms with Crippen LogP contribution in [0.25, 0.3) is 0 Å². The third kappa shape index (κ3) is 5.24. The molecule has 134 valence electrons. The van der Waals surface area contributed by atoms with Gasteiger partial charge in [-0.1, -0.05) is 31.4 Å². The highest BCUT2D eigenvalue weighted by Crippen LogP contribution is 2.25. The van der Waals surface area contributed by atoms with Gasteiger partial charge in [0.05, 0.1) is 13.7 Å². The SMILES string of the molecule is COc1ccc(CNc2cc(OCC3CCCCC3)nc(N)n2)cc1. The van der Waals surface area contributed by atoms with E-state index in [1.807, 2.05) is 30.3 Å². The number of nitrogens with one attached hydrogen (secondary N) is 1. The van der Waals surface area contributed by atoms with E-state index in [1.54, 1.807) is 7.11 Å². The molecule has 0 aliphatic heterocycles. The fraction of sp³-hybridized carbons (Fsp3) is 0.474. The van der Waals surface area contributed by atoms with Crippen LogP contribution in [0.15, 0.2) is 30.3 Å².